The van der Waals surface area contributed by atoms with Crippen LogP contribution in [-0.4, -0.2) is 26.5 Å². The van der Waals surface area contributed by atoms with Crippen molar-refractivity contribution in [1.82, 2.24) is 5.32 Å². The second-order valence-electron chi connectivity index (χ2n) is 4.26. The van der Waals surface area contributed by atoms with Crippen LogP contribution in [0.3, 0.4) is 0 Å². The van der Waals surface area contributed by atoms with Gasteiger partial charge in [-0.25, -0.2) is 8.42 Å². The molecule has 1 aromatic heterocycles. The normalized spacial score (nSPS) is 12.2. The van der Waals surface area contributed by atoms with Gasteiger partial charge in [0, 0.05) is 18.0 Å². The Morgan fingerprint density at radius 1 is 1.44 bits per heavy atom. The van der Waals surface area contributed by atoms with E-state index in [2.05, 4.69) is 5.32 Å². The van der Waals surface area contributed by atoms with E-state index in [-0.39, 0.29) is 17.4 Å². The van der Waals surface area contributed by atoms with Gasteiger partial charge in [-0.15, -0.1) is 11.3 Å². The Labute approximate surface area is 102 Å². The Hall–Kier alpha value is -0.390. The molecule has 3 nitrogen and oxygen atoms in total. The Morgan fingerprint density at radius 2 is 2.19 bits per heavy atom. The topological polar surface area (TPSA) is 46.2 Å². The highest BCUT2D eigenvalue weighted by Gasteiger charge is 2.12. The predicted molar refractivity (Wildman–Crippen MR) is 69.5 cm³/mol. The summed E-state index contributed by atoms with van der Waals surface area (Å²) >= 11 is 1.68. The molecule has 0 saturated carbocycles. The van der Waals surface area contributed by atoms with Gasteiger partial charge in [0.2, 0.25) is 0 Å². The van der Waals surface area contributed by atoms with Gasteiger partial charge >= 0.3 is 0 Å². The maximum Gasteiger partial charge on any atom is 0.151 e. The quantitative estimate of drug-likeness (QED) is 0.763. The van der Waals surface area contributed by atoms with Crippen LogP contribution in [0.1, 0.15) is 18.7 Å². The number of thiophene rings is 1. The molecule has 0 radical (unpaired) electrons. The van der Waals surface area contributed by atoms with Crippen LogP contribution in [0.25, 0.3) is 0 Å². The van der Waals surface area contributed by atoms with Crippen molar-refractivity contribution < 1.29 is 8.42 Å². The molecule has 0 bridgehead atoms. The van der Waals surface area contributed by atoms with Crippen LogP contribution >= 0.6 is 11.3 Å². The highest BCUT2D eigenvalue weighted by molar-refractivity contribution is 7.91. The first-order valence-corrected chi connectivity index (χ1v) is 8.13. The summed E-state index contributed by atoms with van der Waals surface area (Å²) in [6.07, 6.45) is 0. The highest BCUT2D eigenvalue weighted by atomic mass is 32.2. The van der Waals surface area contributed by atoms with E-state index in [1.807, 2.05) is 31.4 Å². The molecular formula is C11H19NO2S2. The van der Waals surface area contributed by atoms with Crippen LogP contribution in [0.5, 0.6) is 0 Å². The second kappa shape index (κ2) is 6.37. The van der Waals surface area contributed by atoms with Gasteiger partial charge in [0.1, 0.15) is 0 Å². The average molecular weight is 261 g/mol. The molecule has 0 aliphatic rings. The Bertz CT molecular complexity index is 382. The predicted octanol–water partition coefficient (Wildman–Crippen LogP) is 1.91. The summed E-state index contributed by atoms with van der Waals surface area (Å²) in [5.41, 5.74) is 0. The fourth-order valence-corrected chi connectivity index (χ4v) is 3.76. The van der Waals surface area contributed by atoms with Crippen LogP contribution in [0, 0.1) is 5.92 Å². The largest absolute Gasteiger partial charge is 0.311 e. The van der Waals surface area contributed by atoms with Crippen molar-refractivity contribution in [3.05, 3.63) is 22.4 Å². The van der Waals surface area contributed by atoms with Crippen LogP contribution in [0.15, 0.2) is 17.5 Å². The van der Waals surface area contributed by atoms with Crippen LogP contribution in [-0.2, 0) is 16.4 Å². The number of nitrogens with one attached hydrogen (secondary N) is 1. The summed E-state index contributed by atoms with van der Waals surface area (Å²) in [4.78, 5) is 1.24. The third-order valence-electron chi connectivity index (χ3n) is 2.06. The number of rotatable bonds is 7. The minimum absolute atomic E-state index is 0.210. The number of hydrogen-bond acceptors (Lipinski definition) is 4. The van der Waals surface area contributed by atoms with Crippen LogP contribution in [0.4, 0.5) is 0 Å². The fraction of sp³-hybridized carbons (Fsp3) is 0.636. The van der Waals surface area contributed by atoms with Crippen LogP contribution < -0.4 is 5.32 Å². The molecule has 1 heterocycles. The third-order valence-corrected chi connectivity index (χ3v) is 4.93. The molecule has 1 aromatic rings. The molecule has 0 aromatic carbocycles. The van der Waals surface area contributed by atoms with E-state index in [1.54, 1.807) is 11.3 Å². The molecule has 92 valence electrons. The first-order valence-electron chi connectivity index (χ1n) is 5.43. The lowest BCUT2D eigenvalue weighted by molar-refractivity contribution is 0.578. The fourth-order valence-electron chi connectivity index (χ4n) is 1.44. The average Bonchev–Trinajstić information content (AvgIpc) is 2.62. The Kier molecular flexibility index (Phi) is 5.44. The van der Waals surface area contributed by atoms with Gasteiger partial charge < -0.3 is 5.32 Å². The molecule has 1 N–H and O–H groups in total. The molecule has 0 spiro atoms. The van der Waals surface area contributed by atoms with E-state index in [4.69, 9.17) is 0 Å². The van der Waals surface area contributed by atoms with Gasteiger partial charge in [0.25, 0.3) is 0 Å². The number of hydrogen-bond donors (Lipinski definition) is 1. The molecule has 16 heavy (non-hydrogen) atoms. The zero-order chi connectivity index (χ0) is 12.0. The Morgan fingerprint density at radius 3 is 2.75 bits per heavy atom. The third kappa shape index (κ3) is 5.63. The van der Waals surface area contributed by atoms with Crippen molar-refractivity contribution in [2.45, 2.75) is 20.4 Å². The van der Waals surface area contributed by atoms with E-state index >= 15 is 0 Å². The standard InChI is InChI=1S/C11H19NO2S2/c1-10(2)9-16(13,14)7-5-12-8-11-4-3-6-15-11/h3-4,6,10,12H,5,7-9H2,1-2H3. The van der Waals surface area contributed by atoms with Gasteiger partial charge in [0.15, 0.2) is 9.84 Å². The van der Waals surface area contributed by atoms with E-state index in [0.29, 0.717) is 6.54 Å². The maximum atomic E-state index is 11.6. The summed E-state index contributed by atoms with van der Waals surface area (Å²) in [7, 11) is -2.88. The van der Waals surface area contributed by atoms with Gasteiger partial charge in [-0.2, -0.15) is 0 Å². The summed E-state index contributed by atoms with van der Waals surface area (Å²) < 4.78 is 23.1. The molecule has 0 saturated heterocycles. The maximum absolute atomic E-state index is 11.6. The van der Waals surface area contributed by atoms with E-state index in [0.717, 1.165) is 6.54 Å². The second-order valence-corrected chi connectivity index (χ2v) is 7.53. The van der Waals surface area contributed by atoms with Gasteiger partial charge in [0.05, 0.1) is 11.5 Å². The molecule has 0 fully saturated rings. The minimum Gasteiger partial charge on any atom is -0.311 e. The molecule has 0 amide bonds. The smallest absolute Gasteiger partial charge is 0.151 e. The lowest BCUT2D eigenvalue weighted by atomic mass is 10.3. The summed E-state index contributed by atoms with van der Waals surface area (Å²) in [6, 6.07) is 4.04. The van der Waals surface area contributed by atoms with Crippen molar-refractivity contribution in [3.8, 4) is 0 Å². The molecule has 0 atom stereocenters. The molecular weight excluding hydrogens is 242 g/mol. The van der Waals surface area contributed by atoms with Gasteiger partial charge in [-0.3, -0.25) is 0 Å². The first-order chi connectivity index (χ1) is 7.49. The first kappa shape index (κ1) is 13.7. The van der Waals surface area contributed by atoms with E-state index in [9.17, 15) is 8.42 Å². The van der Waals surface area contributed by atoms with Crippen LogP contribution in [0.2, 0.25) is 0 Å². The van der Waals surface area contributed by atoms with Crippen molar-refractivity contribution in [2.75, 3.05) is 18.1 Å². The van der Waals surface area contributed by atoms with Gasteiger partial charge in [-0.05, 0) is 17.4 Å². The van der Waals surface area contributed by atoms with E-state index in [1.165, 1.54) is 4.88 Å². The summed E-state index contributed by atoms with van der Waals surface area (Å²) in [5.74, 6) is 0.729. The monoisotopic (exact) mass is 261 g/mol. The van der Waals surface area contributed by atoms with Crippen molar-refractivity contribution in [3.63, 3.8) is 0 Å². The lowest BCUT2D eigenvalue weighted by Crippen LogP contribution is -2.25. The molecule has 0 aliphatic heterocycles. The number of sulfone groups is 1. The molecule has 0 aliphatic carbocycles. The Balaban J connectivity index is 2.20. The minimum atomic E-state index is -2.88. The lowest BCUT2D eigenvalue weighted by Gasteiger charge is -2.07. The zero-order valence-electron chi connectivity index (χ0n) is 9.77. The van der Waals surface area contributed by atoms with Gasteiger partial charge in [-0.1, -0.05) is 19.9 Å². The van der Waals surface area contributed by atoms with Crippen molar-refractivity contribution in [1.29, 1.82) is 0 Å². The summed E-state index contributed by atoms with van der Waals surface area (Å²) in [5, 5.41) is 5.17. The van der Waals surface area contributed by atoms with Crippen molar-refractivity contribution in [2.24, 2.45) is 5.92 Å². The molecule has 1 rings (SSSR count). The SMILES string of the molecule is CC(C)CS(=O)(=O)CCNCc1cccs1. The summed E-state index contributed by atoms with van der Waals surface area (Å²) in [6.45, 7) is 5.15. The van der Waals surface area contributed by atoms with Crippen molar-refractivity contribution >= 4 is 21.2 Å². The highest BCUT2D eigenvalue weighted by Crippen LogP contribution is 2.07. The molecule has 5 heteroatoms. The molecule has 0 unspecified atom stereocenters. The zero-order valence-corrected chi connectivity index (χ0v) is 11.4. The van der Waals surface area contributed by atoms with E-state index < -0.39 is 9.84 Å².